The van der Waals surface area contributed by atoms with E-state index in [0.29, 0.717) is 13.2 Å². The van der Waals surface area contributed by atoms with Gasteiger partial charge in [0.25, 0.3) is 0 Å². The van der Waals surface area contributed by atoms with E-state index in [1.165, 1.54) is 11.1 Å². The van der Waals surface area contributed by atoms with E-state index in [1.54, 1.807) is 0 Å². The summed E-state index contributed by atoms with van der Waals surface area (Å²) in [6.45, 7) is 3.92. The molecule has 0 spiro atoms. The molecule has 4 heteroatoms. The number of fused-ring (bicyclic) bond motifs is 1. The van der Waals surface area contributed by atoms with Crippen molar-refractivity contribution in [2.45, 2.75) is 31.9 Å². The second kappa shape index (κ2) is 5.54. The van der Waals surface area contributed by atoms with Gasteiger partial charge in [-0.1, -0.05) is 24.3 Å². The Hall–Kier alpha value is -1.39. The zero-order valence-electron chi connectivity index (χ0n) is 11.9. The van der Waals surface area contributed by atoms with Crippen molar-refractivity contribution in [2.75, 3.05) is 19.7 Å². The van der Waals surface area contributed by atoms with Gasteiger partial charge in [0.1, 0.15) is 0 Å². The van der Waals surface area contributed by atoms with Gasteiger partial charge in [-0.2, -0.15) is 0 Å². The molecular weight excluding hydrogens is 252 g/mol. The molecule has 0 bridgehead atoms. The van der Waals surface area contributed by atoms with Gasteiger partial charge in [0, 0.05) is 19.7 Å². The summed E-state index contributed by atoms with van der Waals surface area (Å²) in [4.78, 5) is 14.8. The van der Waals surface area contributed by atoms with Crippen molar-refractivity contribution >= 4 is 5.91 Å². The van der Waals surface area contributed by atoms with E-state index >= 15 is 0 Å². The van der Waals surface area contributed by atoms with Crippen molar-refractivity contribution in [3.8, 4) is 0 Å². The summed E-state index contributed by atoms with van der Waals surface area (Å²) in [6.07, 6.45) is 1.77. The minimum absolute atomic E-state index is 0.00527. The summed E-state index contributed by atoms with van der Waals surface area (Å²) in [6, 6.07) is 8.33. The lowest BCUT2D eigenvalue weighted by Gasteiger charge is -2.38. The summed E-state index contributed by atoms with van der Waals surface area (Å²) in [5, 5.41) is 0. The van der Waals surface area contributed by atoms with E-state index < -0.39 is 0 Å². The number of amides is 1. The van der Waals surface area contributed by atoms with Crippen LogP contribution in [0.2, 0.25) is 0 Å². The van der Waals surface area contributed by atoms with Crippen LogP contribution in [0, 0.1) is 5.92 Å². The van der Waals surface area contributed by atoms with Gasteiger partial charge in [-0.15, -0.1) is 0 Å². The van der Waals surface area contributed by atoms with Crippen molar-refractivity contribution in [3.63, 3.8) is 0 Å². The SMILES string of the molecule is CC1OCCC1C(=O)N1CCc2ccccc2C1CN. The first kappa shape index (κ1) is 13.6. The fourth-order valence-corrected chi connectivity index (χ4v) is 3.44. The number of benzene rings is 1. The number of ether oxygens (including phenoxy) is 1. The van der Waals surface area contributed by atoms with Crippen molar-refractivity contribution < 1.29 is 9.53 Å². The smallest absolute Gasteiger partial charge is 0.228 e. The summed E-state index contributed by atoms with van der Waals surface area (Å²) in [5.41, 5.74) is 8.49. The molecule has 4 nitrogen and oxygen atoms in total. The van der Waals surface area contributed by atoms with E-state index in [2.05, 4.69) is 18.2 Å². The predicted octanol–water partition coefficient (Wildman–Crippen LogP) is 1.50. The van der Waals surface area contributed by atoms with Crippen LogP contribution in [0.3, 0.4) is 0 Å². The van der Waals surface area contributed by atoms with Crippen LogP contribution in [-0.2, 0) is 16.0 Å². The highest BCUT2D eigenvalue weighted by Gasteiger charge is 2.38. The van der Waals surface area contributed by atoms with Crippen molar-refractivity contribution in [3.05, 3.63) is 35.4 Å². The van der Waals surface area contributed by atoms with Crippen LogP contribution in [0.1, 0.15) is 30.5 Å². The van der Waals surface area contributed by atoms with Crippen molar-refractivity contribution in [1.82, 2.24) is 4.90 Å². The average molecular weight is 274 g/mol. The number of nitrogens with two attached hydrogens (primary N) is 1. The fourth-order valence-electron chi connectivity index (χ4n) is 3.44. The third-order valence-corrected chi connectivity index (χ3v) is 4.61. The number of rotatable bonds is 2. The lowest BCUT2D eigenvalue weighted by molar-refractivity contribution is -0.139. The summed E-state index contributed by atoms with van der Waals surface area (Å²) >= 11 is 0. The van der Waals surface area contributed by atoms with Gasteiger partial charge in [0.05, 0.1) is 18.1 Å². The lowest BCUT2D eigenvalue weighted by atomic mass is 9.90. The fraction of sp³-hybridized carbons (Fsp3) is 0.562. The molecule has 1 fully saturated rings. The third kappa shape index (κ3) is 2.23. The maximum Gasteiger partial charge on any atom is 0.228 e. The standard InChI is InChI=1S/C16H22N2O2/c1-11-13(7-9-20-11)16(19)18-8-6-12-4-2-3-5-14(12)15(18)10-17/h2-5,11,13,15H,6-10,17H2,1H3. The first-order valence-corrected chi connectivity index (χ1v) is 7.42. The quantitative estimate of drug-likeness (QED) is 0.889. The van der Waals surface area contributed by atoms with E-state index in [9.17, 15) is 4.79 Å². The number of hydrogen-bond acceptors (Lipinski definition) is 3. The second-order valence-corrected chi connectivity index (χ2v) is 5.70. The summed E-state index contributed by atoms with van der Waals surface area (Å²) < 4.78 is 5.54. The van der Waals surface area contributed by atoms with E-state index in [0.717, 1.165) is 19.4 Å². The molecule has 3 atom stereocenters. The van der Waals surface area contributed by atoms with Gasteiger partial charge in [0.15, 0.2) is 0 Å². The first-order valence-electron chi connectivity index (χ1n) is 7.42. The lowest BCUT2D eigenvalue weighted by Crippen LogP contribution is -2.46. The Kier molecular flexibility index (Phi) is 3.76. The number of nitrogens with zero attached hydrogens (tertiary/aromatic N) is 1. The first-order chi connectivity index (χ1) is 9.72. The molecule has 1 aromatic carbocycles. The van der Waals surface area contributed by atoms with Crippen LogP contribution < -0.4 is 5.73 Å². The Morgan fingerprint density at radius 2 is 2.25 bits per heavy atom. The Labute approximate surface area is 119 Å². The second-order valence-electron chi connectivity index (χ2n) is 5.70. The predicted molar refractivity (Wildman–Crippen MR) is 77.2 cm³/mol. The van der Waals surface area contributed by atoms with Crippen LogP contribution in [-0.4, -0.2) is 36.6 Å². The number of hydrogen-bond donors (Lipinski definition) is 1. The molecule has 0 aromatic heterocycles. The van der Waals surface area contributed by atoms with Crippen LogP contribution in [0.4, 0.5) is 0 Å². The molecule has 108 valence electrons. The van der Waals surface area contributed by atoms with Crippen LogP contribution in [0.5, 0.6) is 0 Å². The molecule has 1 amide bonds. The van der Waals surface area contributed by atoms with Crippen molar-refractivity contribution in [2.24, 2.45) is 11.7 Å². The van der Waals surface area contributed by atoms with E-state index in [-0.39, 0.29) is 24.0 Å². The van der Waals surface area contributed by atoms with E-state index in [1.807, 2.05) is 17.9 Å². The monoisotopic (exact) mass is 274 g/mol. The summed E-state index contributed by atoms with van der Waals surface area (Å²) in [5.74, 6) is 0.203. The minimum atomic E-state index is -0.00527. The largest absolute Gasteiger partial charge is 0.378 e. The Morgan fingerprint density at radius 3 is 2.95 bits per heavy atom. The zero-order valence-corrected chi connectivity index (χ0v) is 11.9. The van der Waals surface area contributed by atoms with Gasteiger partial charge in [0.2, 0.25) is 5.91 Å². The molecule has 2 aliphatic rings. The molecule has 3 rings (SSSR count). The molecule has 1 aromatic rings. The highest BCUT2D eigenvalue weighted by molar-refractivity contribution is 5.80. The van der Waals surface area contributed by atoms with Crippen molar-refractivity contribution in [1.29, 1.82) is 0 Å². The molecule has 2 aliphatic heterocycles. The third-order valence-electron chi connectivity index (χ3n) is 4.61. The van der Waals surface area contributed by atoms with Crippen LogP contribution in [0.25, 0.3) is 0 Å². The maximum absolute atomic E-state index is 12.8. The average Bonchev–Trinajstić information content (AvgIpc) is 2.91. The molecule has 0 radical (unpaired) electrons. The highest BCUT2D eigenvalue weighted by Crippen LogP contribution is 2.32. The Balaban J connectivity index is 1.85. The molecule has 1 saturated heterocycles. The highest BCUT2D eigenvalue weighted by atomic mass is 16.5. The molecular formula is C16H22N2O2. The molecule has 20 heavy (non-hydrogen) atoms. The van der Waals surface area contributed by atoms with Crippen LogP contribution in [0.15, 0.2) is 24.3 Å². The van der Waals surface area contributed by atoms with Gasteiger partial charge >= 0.3 is 0 Å². The normalized spacial score (nSPS) is 29.3. The van der Waals surface area contributed by atoms with Crippen LogP contribution >= 0.6 is 0 Å². The van der Waals surface area contributed by atoms with Gasteiger partial charge < -0.3 is 15.4 Å². The Morgan fingerprint density at radius 1 is 1.45 bits per heavy atom. The minimum Gasteiger partial charge on any atom is -0.378 e. The summed E-state index contributed by atoms with van der Waals surface area (Å²) in [7, 11) is 0. The molecule has 0 saturated carbocycles. The van der Waals surface area contributed by atoms with Gasteiger partial charge in [-0.05, 0) is 30.9 Å². The topological polar surface area (TPSA) is 55.6 Å². The Bertz CT molecular complexity index is 503. The van der Waals surface area contributed by atoms with Gasteiger partial charge in [-0.25, -0.2) is 0 Å². The molecule has 0 aliphatic carbocycles. The molecule has 2 N–H and O–H groups in total. The molecule has 2 heterocycles. The van der Waals surface area contributed by atoms with Gasteiger partial charge in [-0.3, -0.25) is 4.79 Å². The zero-order chi connectivity index (χ0) is 14.1. The van der Waals surface area contributed by atoms with E-state index in [4.69, 9.17) is 10.5 Å². The number of carbonyl (C=O) groups excluding carboxylic acids is 1. The molecule has 3 unspecified atom stereocenters. The maximum atomic E-state index is 12.8. The number of carbonyl (C=O) groups is 1.